The van der Waals surface area contributed by atoms with Gasteiger partial charge in [0.2, 0.25) is 0 Å². The molecule has 1 aromatic heterocycles. The highest BCUT2D eigenvalue weighted by Crippen LogP contribution is 2.42. The smallest absolute Gasteiger partial charge is 0.152 e. The van der Waals surface area contributed by atoms with Gasteiger partial charge in [-0.25, -0.2) is 4.68 Å². The van der Waals surface area contributed by atoms with Crippen LogP contribution in [0.4, 0.5) is 11.5 Å². The van der Waals surface area contributed by atoms with Gasteiger partial charge in [-0.05, 0) is 44.2 Å². The topological polar surface area (TPSA) is 79.2 Å². The molecule has 4 rings (SSSR count). The van der Waals surface area contributed by atoms with Gasteiger partial charge in [-0.1, -0.05) is 47.5 Å². The molecule has 158 valence electrons. The monoisotopic (exact) mass is 414 g/mol. The van der Waals surface area contributed by atoms with E-state index in [2.05, 4.69) is 10.4 Å². The third-order valence-electron chi connectivity index (χ3n) is 5.59. The fourth-order valence-corrected chi connectivity index (χ4v) is 4.18. The maximum atomic E-state index is 11.6. The van der Waals surface area contributed by atoms with Crippen molar-refractivity contribution in [2.24, 2.45) is 5.92 Å². The molecule has 31 heavy (non-hydrogen) atoms. The molecular weight excluding hydrogens is 390 g/mol. The van der Waals surface area contributed by atoms with Gasteiger partial charge in [0.05, 0.1) is 11.7 Å². The molecule has 0 radical (unpaired) electrons. The maximum absolute atomic E-state index is 11.6. The third kappa shape index (κ3) is 3.90. The zero-order chi connectivity index (χ0) is 22.0. The number of carboxylic acids is 1. The Morgan fingerprint density at radius 1 is 1.03 bits per heavy atom. The second kappa shape index (κ2) is 8.24. The Kier molecular flexibility index (Phi) is 5.48. The van der Waals surface area contributed by atoms with Gasteiger partial charge in [-0.15, -0.1) is 0 Å². The number of para-hydroxylation sites is 2. The molecule has 0 spiro atoms. The molecule has 3 aromatic rings. The minimum atomic E-state index is -1.11. The number of nitrogens with one attached hydrogen (secondary N) is 1. The van der Waals surface area contributed by atoms with Crippen LogP contribution in [0.2, 0.25) is 0 Å². The van der Waals surface area contributed by atoms with Crippen molar-refractivity contribution in [3.63, 3.8) is 0 Å². The number of carboxylic acid groups (broad SMARTS) is 1. The molecule has 1 heterocycles. The lowest BCUT2D eigenvalue weighted by atomic mass is 9.77. The van der Waals surface area contributed by atoms with E-state index >= 15 is 0 Å². The van der Waals surface area contributed by atoms with Crippen LogP contribution in [-0.2, 0) is 15.1 Å². The number of carbonyl (C=O) groups excluding carboxylic acids is 1. The van der Waals surface area contributed by atoms with Crippen LogP contribution in [0, 0.1) is 5.92 Å². The van der Waals surface area contributed by atoms with E-state index in [1.807, 2.05) is 79.0 Å². The Hall–Kier alpha value is -3.64. The Labute approximate surface area is 181 Å². The summed E-state index contributed by atoms with van der Waals surface area (Å²) >= 11 is 0. The number of anilines is 2. The highest BCUT2D eigenvalue weighted by molar-refractivity contribution is 5.77. The van der Waals surface area contributed by atoms with E-state index in [0.717, 1.165) is 16.9 Å². The molecule has 0 bridgehead atoms. The van der Waals surface area contributed by atoms with E-state index in [1.165, 1.54) is 0 Å². The Balaban J connectivity index is 1.71. The molecule has 0 amide bonds. The summed E-state index contributed by atoms with van der Waals surface area (Å²) in [7, 11) is 1.62. The standard InChI is InChI=1S/C25H25N3O3/c1-17-15-25(31-3,16-18(2)23(17)24(29)30)20-11-7-8-12-21(20)26-22-13-14-28(27-22)19-9-5-4-6-10-19/h4-16,23H,1-3H3,(H,26,27)(H,29,30)/p-1. The molecule has 1 N–H and O–H groups in total. The Morgan fingerprint density at radius 3 is 2.32 bits per heavy atom. The van der Waals surface area contributed by atoms with Gasteiger partial charge in [-0.3, -0.25) is 0 Å². The van der Waals surface area contributed by atoms with Crippen LogP contribution in [0.15, 0.2) is 90.2 Å². The summed E-state index contributed by atoms with van der Waals surface area (Å²) < 4.78 is 7.76. The molecule has 0 atom stereocenters. The molecule has 2 aromatic carbocycles. The fourth-order valence-electron chi connectivity index (χ4n) is 4.18. The first-order valence-electron chi connectivity index (χ1n) is 10.1. The van der Waals surface area contributed by atoms with Crippen LogP contribution in [0.25, 0.3) is 5.69 Å². The van der Waals surface area contributed by atoms with Gasteiger partial charge in [0.15, 0.2) is 5.82 Å². The summed E-state index contributed by atoms with van der Waals surface area (Å²) in [5.74, 6) is -1.16. The van der Waals surface area contributed by atoms with Gasteiger partial charge >= 0.3 is 0 Å². The van der Waals surface area contributed by atoms with Gasteiger partial charge in [-0.2, -0.15) is 5.10 Å². The Morgan fingerprint density at radius 2 is 1.68 bits per heavy atom. The summed E-state index contributed by atoms with van der Waals surface area (Å²) in [5.41, 5.74) is 3.13. The van der Waals surface area contributed by atoms with E-state index in [4.69, 9.17) is 4.74 Å². The fraction of sp³-hybridized carbons (Fsp3) is 0.200. The second-order valence-corrected chi connectivity index (χ2v) is 7.68. The molecule has 0 saturated heterocycles. The number of methoxy groups -OCH3 is 1. The van der Waals surface area contributed by atoms with Gasteiger partial charge < -0.3 is 20.0 Å². The molecule has 1 aliphatic rings. The number of hydrogen-bond acceptors (Lipinski definition) is 5. The molecule has 6 heteroatoms. The predicted octanol–water partition coefficient (Wildman–Crippen LogP) is 3.73. The van der Waals surface area contributed by atoms with Crippen molar-refractivity contribution in [1.29, 1.82) is 0 Å². The second-order valence-electron chi connectivity index (χ2n) is 7.68. The van der Waals surface area contributed by atoms with E-state index in [1.54, 1.807) is 25.6 Å². The van der Waals surface area contributed by atoms with Crippen molar-refractivity contribution < 1.29 is 14.6 Å². The van der Waals surface area contributed by atoms with Crippen LogP contribution in [0.5, 0.6) is 0 Å². The molecule has 0 fully saturated rings. The lowest BCUT2D eigenvalue weighted by molar-refractivity contribution is -0.308. The number of carbonyl (C=O) groups is 1. The summed E-state index contributed by atoms with van der Waals surface area (Å²) in [6.07, 6.45) is 5.60. The van der Waals surface area contributed by atoms with Gasteiger partial charge in [0.25, 0.3) is 0 Å². The molecule has 0 saturated carbocycles. The van der Waals surface area contributed by atoms with Crippen molar-refractivity contribution in [3.8, 4) is 5.69 Å². The number of hydrogen-bond donors (Lipinski definition) is 1. The lowest BCUT2D eigenvalue weighted by Gasteiger charge is -2.36. The van der Waals surface area contributed by atoms with Crippen LogP contribution >= 0.6 is 0 Å². The van der Waals surface area contributed by atoms with Gasteiger partial charge in [0.1, 0.15) is 5.60 Å². The summed E-state index contributed by atoms with van der Waals surface area (Å²) in [5, 5.41) is 19.6. The largest absolute Gasteiger partial charge is 0.549 e. The van der Waals surface area contributed by atoms with Crippen LogP contribution in [0.1, 0.15) is 19.4 Å². The lowest BCUT2D eigenvalue weighted by Crippen LogP contribution is -2.37. The first kappa shape index (κ1) is 20.6. The maximum Gasteiger partial charge on any atom is 0.152 e. The zero-order valence-electron chi connectivity index (χ0n) is 17.7. The average Bonchev–Trinajstić information content (AvgIpc) is 3.22. The van der Waals surface area contributed by atoms with Crippen LogP contribution < -0.4 is 10.4 Å². The van der Waals surface area contributed by atoms with Gasteiger partial charge in [0, 0.05) is 36.5 Å². The van der Waals surface area contributed by atoms with E-state index in [0.29, 0.717) is 17.0 Å². The molecule has 1 aliphatic carbocycles. The van der Waals surface area contributed by atoms with Crippen molar-refractivity contribution in [2.75, 3.05) is 12.4 Å². The van der Waals surface area contributed by atoms with E-state index in [9.17, 15) is 9.90 Å². The summed E-state index contributed by atoms with van der Waals surface area (Å²) in [4.78, 5) is 11.6. The minimum absolute atomic E-state index is 0.685. The Bertz CT molecular complexity index is 1140. The van der Waals surface area contributed by atoms with Crippen molar-refractivity contribution in [1.82, 2.24) is 9.78 Å². The molecule has 6 nitrogen and oxygen atoms in total. The highest BCUT2D eigenvalue weighted by atomic mass is 16.5. The summed E-state index contributed by atoms with van der Waals surface area (Å²) in [6.45, 7) is 3.59. The number of nitrogens with zero attached hydrogens (tertiary/aromatic N) is 2. The van der Waals surface area contributed by atoms with Crippen molar-refractivity contribution in [2.45, 2.75) is 19.4 Å². The molecular formula is C25H24N3O3-. The van der Waals surface area contributed by atoms with E-state index < -0.39 is 17.5 Å². The summed E-state index contributed by atoms with van der Waals surface area (Å²) in [6, 6.07) is 19.6. The first-order chi connectivity index (χ1) is 14.9. The first-order valence-corrected chi connectivity index (χ1v) is 10.1. The number of benzene rings is 2. The van der Waals surface area contributed by atoms with Crippen LogP contribution in [0.3, 0.4) is 0 Å². The predicted molar refractivity (Wildman–Crippen MR) is 118 cm³/mol. The number of aliphatic carboxylic acids is 1. The van der Waals surface area contributed by atoms with Crippen molar-refractivity contribution in [3.05, 3.63) is 95.7 Å². The number of rotatable bonds is 6. The van der Waals surface area contributed by atoms with Crippen molar-refractivity contribution >= 4 is 17.5 Å². The highest BCUT2D eigenvalue weighted by Gasteiger charge is 2.35. The minimum Gasteiger partial charge on any atom is -0.549 e. The number of ether oxygens (including phenoxy) is 1. The average molecular weight is 414 g/mol. The normalized spacial score (nSPS) is 20.7. The van der Waals surface area contributed by atoms with Crippen LogP contribution in [-0.4, -0.2) is 22.9 Å². The molecule has 0 unspecified atom stereocenters. The van der Waals surface area contributed by atoms with E-state index in [-0.39, 0.29) is 0 Å². The third-order valence-corrected chi connectivity index (χ3v) is 5.59. The quantitative estimate of drug-likeness (QED) is 0.622. The number of aromatic nitrogens is 2. The zero-order valence-corrected chi connectivity index (χ0v) is 17.7. The molecule has 0 aliphatic heterocycles. The SMILES string of the molecule is COC1(c2ccccc2Nc2ccn(-c3ccccc3)n2)C=C(C)C(C(=O)[O-])C(C)=C1.